The second-order valence-corrected chi connectivity index (χ2v) is 6.13. The van der Waals surface area contributed by atoms with Crippen LogP contribution in [-0.2, 0) is 4.79 Å². The third kappa shape index (κ3) is 4.70. The maximum atomic E-state index is 12.0. The average Bonchev–Trinajstić information content (AvgIpc) is 3.02. The number of nitrogens with one attached hydrogen (secondary N) is 1. The number of nitrogens with zero attached hydrogens (tertiary/aromatic N) is 2. The number of thiazole rings is 1. The van der Waals surface area contributed by atoms with Crippen LogP contribution >= 0.6 is 11.3 Å². The largest absolute Gasteiger partial charge is 0.490 e. The fourth-order valence-corrected chi connectivity index (χ4v) is 2.76. The van der Waals surface area contributed by atoms with Crippen molar-refractivity contribution in [3.63, 3.8) is 0 Å². The van der Waals surface area contributed by atoms with Gasteiger partial charge in [-0.2, -0.15) is 5.26 Å². The number of nitriles is 1. The summed E-state index contributed by atoms with van der Waals surface area (Å²) in [5.74, 6) is 0.885. The number of hydrogen-bond donors (Lipinski definition) is 1. The summed E-state index contributed by atoms with van der Waals surface area (Å²) in [6.07, 6.45) is 0. The molecule has 0 saturated carbocycles. The van der Waals surface area contributed by atoms with Crippen LogP contribution < -0.4 is 14.8 Å². The number of carbonyl (C=O) groups excluding carboxylic acids is 1. The zero-order chi connectivity index (χ0) is 17.5. The molecule has 0 unspecified atom stereocenters. The summed E-state index contributed by atoms with van der Waals surface area (Å²) in [5.41, 5.74) is 1.42. The molecule has 7 heteroatoms. The maximum absolute atomic E-state index is 12.0. The first kappa shape index (κ1) is 17.8. The van der Waals surface area contributed by atoms with Gasteiger partial charge in [0.1, 0.15) is 0 Å². The van der Waals surface area contributed by atoms with Gasteiger partial charge in [0.2, 0.25) is 0 Å². The van der Waals surface area contributed by atoms with Crippen LogP contribution in [0.25, 0.3) is 0 Å². The van der Waals surface area contributed by atoms with Crippen molar-refractivity contribution in [1.29, 1.82) is 5.26 Å². The topological polar surface area (TPSA) is 84.2 Å². The second-order valence-electron chi connectivity index (χ2n) is 5.28. The van der Waals surface area contributed by atoms with Crippen LogP contribution in [0.5, 0.6) is 11.5 Å². The van der Waals surface area contributed by atoms with Crippen molar-refractivity contribution in [2.24, 2.45) is 0 Å². The Morgan fingerprint density at radius 1 is 1.38 bits per heavy atom. The van der Waals surface area contributed by atoms with E-state index in [1.165, 1.54) is 11.3 Å². The Morgan fingerprint density at radius 3 is 2.79 bits per heavy atom. The van der Waals surface area contributed by atoms with Crippen molar-refractivity contribution in [2.45, 2.75) is 26.7 Å². The van der Waals surface area contributed by atoms with E-state index in [2.05, 4.69) is 10.3 Å². The number of carbonyl (C=O) groups is 1. The zero-order valence-electron chi connectivity index (χ0n) is 13.8. The Morgan fingerprint density at radius 2 is 2.17 bits per heavy atom. The standard InChI is InChI=1S/C17H19N3O3S/c1-4-22-15-7-12(8-18)5-6-14(15)23-9-16(21)20-17-19-13(10-24-17)11(2)3/h5-7,10-11H,4,9H2,1-3H3,(H,19,20,21). The summed E-state index contributed by atoms with van der Waals surface area (Å²) in [6, 6.07) is 6.87. The van der Waals surface area contributed by atoms with Crippen LogP contribution in [0.15, 0.2) is 23.6 Å². The molecule has 1 aromatic carbocycles. The molecule has 1 aromatic heterocycles. The second kappa shape index (κ2) is 8.31. The number of hydrogen-bond acceptors (Lipinski definition) is 6. The minimum Gasteiger partial charge on any atom is -0.490 e. The minimum absolute atomic E-state index is 0.164. The highest BCUT2D eigenvalue weighted by Crippen LogP contribution is 2.28. The third-order valence-electron chi connectivity index (χ3n) is 3.09. The maximum Gasteiger partial charge on any atom is 0.264 e. The SMILES string of the molecule is CCOc1cc(C#N)ccc1OCC(=O)Nc1nc(C(C)C)cs1. The molecule has 0 spiro atoms. The van der Waals surface area contributed by atoms with E-state index in [9.17, 15) is 4.79 Å². The minimum atomic E-state index is -0.300. The van der Waals surface area contributed by atoms with Gasteiger partial charge in [0.25, 0.3) is 5.91 Å². The summed E-state index contributed by atoms with van der Waals surface area (Å²) in [4.78, 5) is 16.3. The lowest BCUT2D eigenvalue weighted by atomic mass is 10.2. The molecular weight excluding hydrogens is 326 g/mol. The first-order valence-corrected chi connectivity index (χ1v) is 8.46. The van der Waals surface area contributed by atoms with Gasteiger partial charge in [0.15, 0.2) is 23.2 Å². The van der Waals surface area contributed by atoms with E-state index >= 15 is 0 Å². The fraction of sp³-hybridized carbons (Fsp3) is 0.353. The van der Waals surface area contributed by atoms with E-state index < -0.39 is 0 Å². The van der Waals surface area contributed by atoms with E-state index in [1.54, 1.807) is 18.2 Å². The predicted molar refractivity (Wildman–Crippen MR) is 92.7 cm³/mol. The summed E-state index contributed by atoms with van der Waals surface area (Å²) in [6.45, 7) is 6.20. The Kier molecular flexibility index (Phi) is 6.15. The number of aromatic nitrogens is 1. The van der Waals surface area contributed by atoms with Crippen molar-refractivity contribution >= 4 is 22.4 Å². The van der Waals surface area contributed by atoms with Crippen LogP contribution in [0.4, 0.5) is 5.13 Å². The van der Waals surface area contributed by atoms with E-state index in [-0.39, 0.29) is 12.5 Å². The molecule has 0 aliphatic carbocycles. The normalized spacial score (nSPS) is 10.3. The van der Waals surface area contributed by atoms with Gasteiger partial charge >= 0.3 is 0 Å². The predicted octanol–water partition coefficient (Wildman–Crippen LogP) is 3.55. The van der Waals surface area contributed by atoms with Gasteiger partial charge in [-0.15, -0.1) is 11.3 Å². The van der Waals surface area contributed by atoms with Crippen molar-refractivity contribution in [3.05, 3.63) is 34.8 Å². The van der Waals surface area contributed by atoms with Gasteiger partial charge in [-0.3, -0.25) is 10.1 Å². The highest BCUT2D eigenvalue weighted by atomic mass is 32.1. The molecule has 0 bridgehead atoms. The molecule has 24 heavy (non-hydrogen) atoms. The van der Waals surface area contributed by atoms with Crippen molar-refractivity contribution < 1.29 is 14.3 Å². The quantitative estimate of drug-likeness (QED) is 0.829. The van der Waals surface area contributed by atoms with Crippen LogP contribution in [-0.4, -0.2) is 24.1 Å². The highest BCUT2D eigenvalue weighted by molar-refractivity contribution is 7.13. The molecule has 126 valence electrons. The fourth-order valence-electron chi connectivity index (χ4n) is 1.87. The average molecular weight is 345 g/mol. The third-order valence-corrected chi connectivity index (χ3v) is 3.87. The van der Waals surface area contributed by atoms with Crippen molar-refractivity contribution in [2.75, 3.05) is 18.5 Å². The number of rotatable bonds is 7. The molecule has 0 radical (unpaired) electrons. The molecule has 1 N–H and O–H groups in total. The molecule has 0 aliphatic heterocycles. The molecule has 0 aliphatic rings. The lowest BCUT2D eigenvalue weighted by Gasteiger charge is -2.11. The van der Waals surface area contributed by atoms with Crippen LogP contribution in [0, 0.1) is 11.3 Å². The number of anilines is 1. The van der Waals surface area contributed by atoms with Crippen LogP contribution in [0.3, 0.4) is 0 Å². The number of ether oxygens (including phenoxy) is 2. The highest BCUT2D eigenvalue weighted by Gasteiger charge is 2.12. The molecule has 6 nitrogen and oxygen atoms in total. The Bertz CT molecular complexity index is 750. The first-order valence-electron chi connectivity index (χ1n) is 7.58. The van der Waals surface area contributed by atoms with Crippen molar-refractivity contribution in [1.82, 2.24) is 4.98 Å². The lowest BCUT2D eigenvalue weighted by Crippen LogP contribution is -2.20. The van der Waals surface area contributed by atoms with Gasteiger partial charge in [-0.25, -0.2) is 4.98 Å². The molecule has 0 fully saturated rings. The van der Waals surface area contributed by atoms with E-state index in [4.69, 9.17) is 14.7 Å². The number of benzene rings is 1. The van der Waals surface area contributed by atoms with E-state index in [0.717, 1.165) is 5.69 Å². The zero-order valence-corrected chi connectivity index (χ0v) is 14.6. The Hall–Kier alpha value is -2.59. The summed E-state index contributed by atoms with van der Waals surface area (Å²) in [5, 5.41) is 14.1. The summed E-state index contributed by atoms with van der Waals surface area (Å²) in [7, 11) is 0. The van der Waals surface area contributed by atoms with Gasteiger partial charge in [0, 0.05) is 11.4 Å². The van der Waals surface area contributed by atoms with Gasteiger partial charge in [-0.1, -0.05) is 13.8 Å². The van der Waals surface area contributed by atoms with Crippen LogP contribution in [0.2, 0.25) is 0 Å². The molecule has 0 saturated heterocycles. The van der Waals surface area contributed by atoms with Gasteiger partial charge in [0.05, 0.1) is 23.9 Å². The Balaban J connectivity index is 1.97. The first-order chi connectivity index (χ1) is 11.5. The molecule has 2 rings (SSSR count). The van der Waals surface area contributed by atoms with Crippen LogP contribution in [0.1, 0.15) is 37.9 Å². The number of amides is 1. The van der Waals surface area contributed by atoms with E-state index in [1.807, 2.05) is 32.2 Å². The van der Waals surface area contributed by atoms with Gasteiger partial charge < -0.3 is 9.47 Å². The van der Waals surface area contributed by atoms with Crippen molar-refractivity contribution in [3.8, 4) is 17.6 Å². The molecule has 1 heterocycles. The molecule has 1 amide bonds. The van der Waals surface area contributed by atoms with Gasteiger partial charge in [-0.05, 0) is 25.0 Å². The Labute approximate surface area is 145 Å². The lowest BCUT2D eigenvalue weighted by molar-refractivity contribution is -0.118. The summed E-state index contributed by atoms with van der Waals surface area (Å²) < 4.78 is 10.9. The monoisotopic (exact) mass is 345 g/mol. The molecule has 2 aromatic rings. The molecular formula is C17H19N3O3S. The van der Waals surface area contributed by atoms with E-state index in [0.29, 0.717) is 34.7 Å². The smallest absolute Gasteiger partial charge is 0.264 e. The molecule has 0 atom stereocenters. The summed E-state index contributed by atoms with van der Waals surface area (Å²) >= 11 is 1.38.